The summed E-state index contributed by atoms with van der Waals surface area (Å²) in [6, 6.07) is 3.97. The molecule has 1 heterocycles. The van der Waals surface area contributed by atoms with Crippen molar-refractivity contribution in [2.24, 2.45) is 23.3 Å². The van der Waals surface area contributed by atoms with E-state index in [2.05, 4.69) is 9.97 Å². The first kappa shape index (κ1) is 26.7. The third-order valence-electron chi connectivity index (χ3n) is 7.04. The number of aromatic amines is 1. The molecule has 1 aromatic heterocycles. The van der Waals surface area contributed by atoms with E-state index in [1.54, 1.807) is 18.2 Å². The highest BCUT2D eigenvalue weighted by molar-refractivity contribution is 5.80. The Labute approximate surface area is 205 Å². The second-order valence-corrected chi connectivity index (χ2v) is 10.4. The first-order valence-corrected chi connectivity index (χ1v) is 11.9. The Morgan fingerprint density at radius 3 is 2.44 bits per heavy atom. The maximum absolute atomic E-state index is 13.9. The standard InChI is InChI=1S/C24H31F5N4O3/c1-11(36-22(2,3)24(27,28)29)19(30)21-32-16-7-4-12(8-17(16)33-21)14(10-35-13-5-6-13)18(20(31)34)15-9-23(15,25)26/h4,7-8,11,13-15,18-19H,5-6,9-10,30H2,1-3H3,(H2,31,34)(H,32,33)/t11-,14-,15+,18?,19+/m1/s1. The number of nitrogens with two attached hydrogens (primary N) is 2. The Morgan fingerprint density at radius 2 is 1.92 bits per heavy atom. The zero-order valence-corrected chi connectivity index (χ0v) is 20.2. The molecule has 7 nitrogen and oxygen atoms in total. The van der Waals surface area contributed by atoms with E-state index in [9.17, 15) is 26.7 Å². The van der Waals surface area contributed by atoms with E-state index in [1.807, 2.05) is 0 Å². The second-order valence-electron chi connectivity index (χ2n) is 10.4. The number of primary amides is 1. The van der Waals surface area contributed by atoms with Gasteiger partial charge >= 0.3 is 6.18 Å². The third-order valence-corrected chi connectivity index (χ3v) is 7.04. The van der Waals surface area contributed by atoms with Crippen LogP contribution in [-0.4, -0.2) is 52.4 Å². The number of H-pyrrole nitrogens is 1. The molecule has 2 aliphatic rings. The molecule has 0 radical (unpaired) electrons. The molecule has 0 spiro atoms. The highest BCUT2D eigenvalue weighted by Crippen LogP contribution is 2.56. The van der Waals surface area contributed by atoms with Crippen molar-refractivity contribution in [3.8, 4) is 0 Å². The van der Waals surface area contributed by atoms with Crippen molar-refractivity contribution in [3.63, 3.8) is 0 Å². The van der Waals surface area contributed by atoms with Crippen LogP contribution < -0.4 is 11.5 Å². The van der Waals surface area contributed by atoms with Gasteiger partial charge in [0.15, 0.2) is 5.60 Å². The van der Waals surface area contributed by atoms with E-state index in [4.69, 9.17) is 20.9 Å². The molecule has 2 saturated carbocycles. The van der Waals surface area contributed by atoms with E-state index in [-0.39, 0.29) is 18.5 Å². The van der Waals surface area contributed by atoms with Crippen LogP contribution in [0.5, 0.6) is 0 Å². The maximum Gasteiger partial charge on any atom is 0.416 e. The number of rotatable bonds is 11. The lowest BCUT2D eigenvalue weighted by Crippen LogP contribution is -2.46. The van der Waals surface area contributed by atoms with Gasteiger partial charge in [-0.2, -0.15) is 13.2 Å². The number of halogens is 5. The summed E-state index contributed by atoms with van der Waals surface area (Å²) in [6.45, 7) is 3.33. The van der Waals surface area contributed by atoms with Crippen molar-refractivity contribution in [1.82, 2.24) is 9.97 Å². The number of nitrogens with zero attached hydrogens (tertiary/aromatic N) is 1. The van der Waals surface area contributed by atoms with Crippen LogP contribution >= 0.6 is 0 Å². The SMILES string of the molecule is C[C@@H](OC(C)(C)C(F)(F)F)[C@H](N)c1nc2ccc([C@@H](COC3CC3)C(C(N)=O)[C@@H]3CC3(F)F)cc2[nH]1. The lowest BCUT2D eigenvalue weighted by molar-refractivity contribution is -0.277. The lowest BCUT2D eigenvalue weighted by Gasteiger charge is -2.32. The fourth-order valence-electron chi connectivity index (χ4n) is 4.45. The van der Waals surface area contributed by atoms with Crippen molar-refractivity contribution in [1.29, 1.82) is 0 Å². The van der Waals surface area contributed by atoms with Crippen LogP contribution in [0.15, 0.2) is 18.2 Å². The largest absolute Gasteiger partial charge is 0.416 e. The monoisotopic (exact) mass is 518 g/mol. The zero-order chi connectivity index (χ0) is 26.6. The van der Waals surface area contributed by atoms with Crippen molar-refractivity contribution in [3.05, 3.63) is 29.6 Å². The summed E-state index contributed by atoms with van der Waals surface area (Å²) >= 11 is 0. The number of aromatic nitrogens is 2. The van der Waals surface area contributed by atoms with Gasteiger partial charge < -0.3 is 25.9 Å². The molecule has 200 valence electrons. The zero-order valence-electron chi connectivity index (χ0n) is 20.2. The minimum atomic E-state index is -4.59. The van der Waals surface area contributed by atoms with E-state index < -0.39 is 59.9 Å². The van der Waals surface area contributed by atoms with Gasteiger partial charge in [0.25, 0.3) is 5.92 Å². The molecular formula is C24H31F5N4O3. The molecule has 5 N–H and O–H groups in total. The van der Waals surface area contributed by atoms with Crippen LogP contribution in [0, 0.1) is 11.8 Å². The van der Waals surface area contributed by atoms with Crippen LogP contribution in [0.1, 0.15) is 63.4 Å². The number of benzene rings is 1. The first-order chi connectivity index (χ1) is 16.6. The molecule has 0 bridgehead atoms. The summed E-state index contributed by atoms with van der Waals surface area (Å²) < 4.78 is 78.5. The number of imidazole rings is 1. The van der Waals surface area contributed by atoms with Crippen molar-refractivity contribution in [2.75, 3.05) is 6.61 Å². The van der Waals surface area contributed by atoms with Gasteiger partial charge in [-0.25, -0.2) is 13.8 Å². The van der Waals surface area contributed by atoms with Crippen molar-refractivity contribution < 1.29 is 36.2 Å². The van der Waals surface area contributed by atoms with Gasteiger partial charge in [0.05, 0.1) is 41.8 Å². The number of ether oxygens (including phenoxy) is 2. The van der Waals surface area contributed by atoms with Crippen LogP contribution in [0.3, 0.4) is 0 Å². The fraction of sp³-hybridized carbons (Fsp3) is 0.667. The third kappa shape index (κ3) is 5.50. The van der Waals surface area contributed by atoms with Crippen LogP contribution in [0.2, 0.25) is 0 Å². The second kappa shape index (κ2) is 9.21. The van der Waals surface area contributed by atoms with Crippen molar-refractivity contribution >= 4 is 16.9 Å². The van der Waals surface area contributed by atoms with Gasteiger partial charge in [0.2, 0.25) is 5.91 Å². The molecule has 2 aromatic rings. The highest BCUT2D eigenvalue weighted by Gasteiger charge is 2.63. The highest BCUT2D eigenvalue weighted by atomic mass is 19.4. The molecule has 1 unspecified atom stereocenters. The maximum atomic E-state index is 13.9. The molecular weight excluding hydrogens is 487 g/mol. The van der Waals surface area contributed by atoms with E-state index >= 15 is 0 Å². The van der Waals surface area contributed by atoms with Crippen LogP contribution in [0.25, 0.3) is 11.0 Å². The Bertz CT molecular complexity index is 1110. The van der Waals surface area contributed by atoms with E-state index in [0.717, 1.165) is 26.7 Å². The Kier molecular flexibility index (Phi) is 6.85. The average Bonchev–Trinajstić information content (AvgIpc) is 3.64. The molecule has 0 aliphatic heterocycles. The molecule has 12 heteroatoms. The fourth-order valence-corrected chi connectivity index (χ4v) is 4.45. The van der Waals surface area contributed by atoms with E-state index in [1.165, 1.54) is 6.92 Å². The summed E-state index contributed by atoms with van der Waals surface area (Å²) in [6.07, 6.45) is -4.23. The Hall–Kier alpha value is -2.31. The smallest absolute Gasteiger partial charge is 0.378 e. The number of fused-ring (bicyclic) bond motifs is 1. The van der Waals surface area contributed by atoms with Gasteiger partial charge in [0.1, 0.15) is 5.82 Å². The van der Waals surface area contributed by atoms with Crippen LogP contribution in [-0.2, 0) is 14.3 Å². The van der Waals surface area contributed by atoms with Gasteiger partial charge in [-0.1, -0.05) is 6.07 Å². The summed E-state index contributed by atoms with van der Waals surface area (Å²) in [7, 11) is 0. The predicted molar refractivity (Wildman–Crippen MR) is 121 cm³/mol. The number of amides is 1. The molecule has 1 aromatic carbocycles. The van der Waals surface area contributed by atoms with Crippen LogP contribution in [0.4, 0.5) is 22.0 Å². The summed E-state index contributed by atoms with van der Waals surface area (Å²) in [5.74, 6) is -6.51. The molecule has 2 aliphatic carbocycles. The molecule has 4 rings (SSSR count). The quantitative estimate of drug-likeness (QED) is 0.383. The number of hydrogen-bond acceptors (Lipinski definition) is 5. The molecule has 5 atom stereocenters. The molecule has 36 heavy (non-hydrogen) atoms. The summed E-state index contributed by atoms with van der Waals surface area (Å²) in [5, 5.41) is 0. The number of carbonyl (C=O) groups is 1. The summed E-state index contributed by atoms with van der Waals surface area (Å²) in [5.41, 5.74) is 10.8. The average molecular weight is 519 g/mol. The van der Waals surface area contributed by atoms with Gasteiger partial charge in [-0.15, -0.1) is 0 Å². The molecule has 2 fully saturated rings. The minimum absolute atomic E-state index is 0.0451. The van der Waals surface area contributed by atoms with Crippen molar-refractivity contribution in [2.45, 2.75) is 81.9 Å². The molecule has 1 amide bonds. The Morgan fingerprint density at radius 1 is 1.28 bits per heavy atom. The number of alkyl halides is 5. The van der Waals surface area contributed by atoms with Gasteiger partial charge in [-0.3, -0.25) is 4.79 Å². The number of nitrogens with one attached hydrogen (secondary N) is 1. The van der Waals surface area contributed by atoms with E-state index in [0.29, 0.717) is 16.6 Å². The predicted octanol–water partition coefficient (Wildman–Crippen LogP) is 4.33. The minimum Gasteiger partial charge on any atom is -0.378 e. The number of carbonyl (C=O) groups excluding carboxylic acids is 1. The number of hydrogen-bond donors (Lipinski definition) is 3. The normalized spacial score (nSPS) is 23.3. The Balaban J connectivity index is 1.59. The van der Waals surface area contributed by atoms with Gasteiger partial charge in [0, 0.05) is 18.3 Å². The van der Waals surface area contributed by atoms with Gasteiger partial charge in [-0.05, 0) is 51.3 Å². The summed E-state index contributed by atoms with van der Waals surface area (Å²) in [4.78, 5) is 19.6. The first-order valence-electron chi connectivity index (χ1n) is 11.9. The lowest BCUT2D eigenvalue weighted by atomic mass is 9.82. The topological polar surface area (TPSA) is 116 Å². The molecule has 0 saturated heterocycles.